The third-order valence-corrected chi connectivity index (χ3v) is 3.51. The van der Waals surface area contributed by atoms with E-state index < -0.39 is 0 Å². The van der Waals surface area contributed by atoms with Crippen molar-refractivity contribution in [3.63, 3.8) is 0 Å². The summed E-state index contributed by atoms with van der Waals surface area (Å²) in [6, 6.07) is 0. The minimum atomic E-state index is 1.01. The first kappa shape index (κ1) is 7.83. The van der Waals surface area contributed by atoms with E-state index in [1.807, 2.05) is 0 Å². The monoisotopic (exact) mass is 238 g/mol. The maximum Gasteiger partial charge on any atom is 0.00238 e. The highest BCUT2D eigenvalue weighted by Crippen LogP contribution is 2.29. The molecule has 0 aromatic carbocycles. The molecule has 0 amide bonds. The molecule has 1 heteroatoms. The van der Waals surface area contributed by atoms with Crippen molar-refractivity contribution in [1.29, 1.82) is 0 Å². The van der Waals surface area contributed by atoms with Gasteiger partial charge < -0.3 is 0 Å². The van der Waals surface area contributed by atoms with Gasteiger partial charge in [0.25, 0.3) is 0 Å². The highest BCUT2D eigenvalue weighted by molar-refractivity contribution is 14.1. The van der Waals surface area contributed by atoms with Gasteiger partial charge in [0, 0.05) is 4.43 Å². The second-order valence-electron chi connectivity index (χ2n) is 3.29. The molecule has 0 aromatic rings. The van der Waals surface area contributed by atoms with E-state index in [-0.39, 0.29) is 0 Å². The van der Waals surface area contributed by atoms with Crippen LogP contribution in [0.1, 0.15) is 32.6 Å². The van der Waals surface area contributed by atoms with E-state index in [2.05, 4.69) is 29.5 Å². The molecule has 2 atom stereocenters. The molecule has 0 N–H and O–H groups in total. The first-order valence-corrected chi connectivity index (χ1v) is 5.41. The minimum absolute atomic E-state index is 1.01. The van der Waals surface area contributed by atoms with Crippen molar-refractivity contribution in [1.82, 2.24) is 0 Å². The second kappa shape index (κ2) is 3.79. The zero-order chi connectivity index (χ0) is 6.69. The van der Waals surface area contributed by atoms with Gasteiger partial charge in [-0.1, -0.05) is 42.4 Å². The number of hydrogen-bond acceptors (Lipinski definition) is 0. The molecule has 0 aromatic heterocycles. The van der Waals surface area contributed by atoms with Gasteiger partial charge in [-0.05, 0) is 24.7 Å². The third kappa shape index (κ3) is 2.44. The Labute approximate surface area is 71.5 Å². The summed E-state index contributed by atoms with van der Waals surface area (Å²) in [5, 5.41) is 0. The Morgan fingerprint density at radius 3 is 2.67 bits per heavy atom. The second-order valence-corrected chi connectivity index (χ2v) is 4.17. The van der Waals surface area contributed by atoms with Crippen molar-refractivity contribution in [2.75, 3.05) is 4.43 Å². The molecule has 1 aliphatic carbocycles. The van der Waals surface area contributed by atoms with E-state index in [0.29, 0.717) is 0 Å². The maximum absolute atomic E-state index is 2.52. The Morgan fingerprint density at radius 1 is 1.44 bits per heavy atom. The Morgan fingerprint density at radius 2 is 2.22 bits per heavy atom. The normalized spacial score (nSPS) is 36.7. The van der Waals surface area contributed by atoms with Crippen LogP contribution < -0.4 is 0 Å². The number of hydrogen-bond donors (Lipinski definition) is 0. The quantitative estimate of drug-likeness (QED) is 0.486. The van der Waals surface area contributed by atoms with Crippen molar-refractivity contribution in [3.8, 4) is 0 Å². The molecular weight excluding hydrogens is 223 g/mol. The van der Waals surface area contributed by atoms with Gasteiger partial charge in [0.2, 0.25) is 0 Å². The Hall–Kier alpha value is 0.730. The predicted octanol–water partition coefficient (Wildman–Crippen LogP) is 3.25. The van der Waals surface area contributed by atoms with Crippen LogP contribution in [0, 0.1) is 11.8 Å². The van der Waals surface area contributed by atoms with Gasteiger partial charge in [-0.15, -0.1) is 0 Å². The molecule has 1 saturated carbocycles. The van der Waals surface area contributed by atoms with Gasteiger partial charge in [-0.2, -0.15) is 0 Å². The van der Waals surface area contributed by atoms with Gasteiger partial charge in [0.15, 0.2) is 0 Å². The zero-order valence-corrected chi connectivity index (χ0v) is 8.23. The van der Waals surface area contributed by atoms with Crippen molar-refractivity contribution >= 4 is 22.6 Å². The van der Waals surface area contributed by atoms with Crippen molar-refractivity contribution in [2.24, 2.45) is 11.8 Å². The van der Waals surface area contributed by atoms with Crippen molar-refractivity contribution in [2.45, 2.75) is 32.6 Å². The van der Waals surface area contributed by atoms with E-state index in [0.717, 1.165) is 11.8 Å². The van der Waals surface area contributed by atoms with Crippen LogP contribution in [0.3, 0.4) is 0 Å². The van der Waals surface area contributed by atoms with Crippen LogP contribution in [0.2, 0.25) is 0 Å². The van der Waals surface area contributed by atoms with Crippen molar-refractivity contribution < 1.29 is 0 Å². The van der Waals surface area contributed by atoms with Crippen LogP contribution in [0.15, 0.2) is 0 Å². The SMILES string of the molecule is CC1CCCC(CI)C1. The maximum atomic E-state index is 2.52. The van der Waals surface area contributed by atoms with E-state index in [9.17, 15) is 0 Å². The lowest BCUT2D eigenvalue weighted by Crippen LogP contribution is -2.13. The summed E-state index contributed by atoms with van der Waals surface area (Å²) in [6.07, 6.45) is 5.94. The molecule has 1 rings (SSSR count). The van der Waals surface area contributed by atoms with Crippen LogP contribution in [0.5, 0.6) is 0 Å². The molecule has 1 fully saturated rings. The Balaban J connectivity index is 2.23. The largest absolute Gasteiger partial charge is 0.0861 e. The van der Waals surface area contributed by atoms with Gasteiger partial charge in [-0.3, -0.25) is 0 Å². The molecule has 0 spiro atoms. The summed E-state index contributed by atoms with van der Waals surface area (Å²) >= 11 is 2.52. The van der Waals surface area contributed by atoms with E-state index in [4.69, 9.17) is 0 Å². The molecule has 0 bridgehead atoms. The summed E-state index contributed by atoms with van der Waals surface area (Å²) in [6.45, 7) is 2.39. The van der Waals surface area contributed by atoms with Crippen LogP contribution in [-0.2, 0) is 0 Å². The predicted molar refractivity (Wildman–Crippen MR) is 50.0 cm³/mol. The van der Waals surface area contributed by atoms with Gasteiger partial charge >= 0.3 is 0 Å². The number of halogens is 1. The van der Waals surface area contributed by atoms with Crippen LogP contribution in [-0.4, -0.2) is 4.43 Å². The average Bonchev–Trinajstić information content (AvgIpc) is 1.88. The highest BCUT2D eigenvalue weighted by atomic mass is 127. The molecule has 0 heterocycles. The number of rotatable bonds is 1. The summed E-state index contributed by atoms with van der Waals surface area (Å²) in [5.41, 5.74) is 0. The standard InChI is InChI=1S/C8H15I/c1-7-3-2-4-8(5-7)6-9/h7-8H,2-6H2,1H3. The molecule has 54 valence electrons. The molecular formula is C8H15I. The topological polar surface area (TPSA) is 0 Å². The van der Waals surface area contributed by atoms with E-state index in [1.165, 1.54) is 30.1 Å². The van der Waals surface area contributed by atoms with Crippen LogP contribution in [0.4, 0.5) is 0 Å². The van der Waals surface area contributed by atoms with Gasteiger partial charge in [0.1, 0.15) is 0 Å². The molecule has 9 heavy (non-hydrogen) atoms. The highest BCUT2D eigenvalue weighted by Gasteiger charge is 2.16. The Kier molecular flexibility index (Phi) is 3.30. The van der Waals surface area contributed by atoms with Crippen molar-refractivity contribution in [3.05, 3.63) is 0 Å². The summed E-state index contributed by atoms with van der Waals surface area (Å²) in [4.78, 5) is 0. The summed E-state index contributed by atoms with van der Waals surface area (Å²) < 4.78 is 1.38. The summed E-state index contributed by atoms with van der Waals surface area (Å²) in [5.74, 6) is 2.06. The lowest BCUT2D eigenvalue weighted by atomic mass is 9.84. The fourth-order valence-electron chi connectivity index (χ4n) is 1.70. The molecule has 1 aliphatic rings. The van der Waals surface area contributed by atoms with E-state index >= 15 is 0 Å². The zero-order valence-electron chi connectivity index (χ0n) is 6.07. The lowest BCUT2D eigenvalue weighted by molar-refractivity contribution is 0.308. The first-order chi connectivity index (χ1) is 4.33. The molecule has 2 unspecified atom stereocenters. The smallest absolute Gasteiger partial charge is 0.00238 e. The average molecular weight is 238 g/mol. The van der Waals surface area contributed by atoms with Crippen LogP contribution in [0.25, 0.3) is 0 Å². The fraction of sp³-hybridized carbons (Fsp3) is 1.00. The molecule has 0 nitrogen and oxygen atoms in total. The lowest BCUT2D eigenvalue weighted by Gasteiger charge is -2.24. The molecule has 0 aliphatic heterocycles. The minimum Gasteiger partial charge on any atom is -0.0861 e. The Bertz CT molecular complexity index is 80.6. The van der Waals surface area contributed by atoms with Gasteiger partial charge in [0.05, 0.1) is 0 Å². The molecule has 0 radical (unpaired) electrons. The first-order valence-electron chi connectivity index (χ1n) is 3.89. The van der Waals surface area contributed by atoms with E-state index in [1.54, 1.807) is 0 Å². The number of alkyl halides is 1. The fourth-order valence-corrected chi connectivity index (χ4v) is 2.50. The third-order valence-electron chi connectivity index (χ3n) is 2.26. The van der Waals surface area contributed by atoms with Crippen LogP contribution >= 0.6 is 22.6 Å². The molecule has 0 saturated heterocycles. The van der Waals surface area contributed by atoms with Gasteiger partial charge in [-0.25, -0.2) is 0 Å². The summed E-state index contributed by atoms with van der Waals surface area (Å²) in [7, 11) is 0.